The van der Waals surface area contributed by atoms with E-state index in [4.69, 9.17) is 9.47 Å². The van der Waals surface area contributed by atoms with Gasteiger partial charge in [0.25, 0.3) is 5.56 Å². The molecule has 0 aliphatic carbocycles. The van der Waals surface area contributed by atoms with Crippen LogP contribution in [-0.4, -0.2) is 27.8 Å². The number of aromatic nitrogens is 3. The fourth-order valence-corrected chi connectivity index (χ4v) is 3.89. The minimum atomic E-state index is -0.293. The van der Waals surface area contributed by atoms with Crippen LogP contribution >= 0.6 is 11.3 Å². The Bertz CT molecular complexity index is 1340. The van der Waals surface area contributed by atoms with Crippen molar-refractivity contribution in [3.05, 3.63) is 80.1 Å². The molecule has 2 heterocycles. The smallest absolute Gasteiger partial charge is 0.291 e. The van der Waals surface area contributed by atoms with E-state index < -0.39 is 0 Å². The third kappa shape index (κ3) is 4.64. The van der Waals surface area contributed by atoms with Gasteiger partial charge < -0.3 is 9.47 Å². The summed E-state index contributed by atoms with van der Waals surface area (Å²) in [6, 6.07) is 11.6. The summed E-state index contributed by atoms with van der Waals surface area (Å²) in [5.41, 5.74) is 1.40. The summed E-state index contributed by atoms with van der Waals surface area (Å²) < 4.78 is 26.0. The molecular formula is C23H20FN3O3S. The highest BCUT2D eigenvalue weighted by molar-refractivity contribution is 7.15. The lowest BCUT2D eigenvalue weighted by Crippen LogP contribution is -2.23. The number of benzene rings is 2. The van der Waals surface area contributed by atoms with Gasteiger partial charge >= 0.3 is 0 Å². The summed E-state index contributed by atoms with van der Waals surface area (Å²) in [6.45, 7) is 4.88. The molecule has 0 unspecified atom stereocenters. The van der Waals surface area contributed by atoms with Crippen LogP contribution in [0.4, 0.5) is 4.39 Å². The summed E-state index contributed by atoms with van der Waals surface area (Å²) in [4.78, 5) is 17.7. The molecule has 0 radical (unpaired) electrons. The zero-order valence-electron chi connectivity index (χ0n) is 17.0. The number of fused-ring (bicyclic) bond motifs is 1. The lowest BCUT2D eigenvalue weighted by Gasteiger charge is -2.11. The first-order valence-electron chi connectivity index (χ1n) is 9.82. The number of hydrogen-bond donors (Lipinski definition) is 0. The molecule has 0 aliphatic heterocycles. The van der Waals surface area contributed by atoms with Crippen LogP contribution in [0, 0.1) is 5.82 Å². The van der Waals surface area contributed by atoms with Gasteiger partial charge in [-0.3, -0.25) is 4.79 Å². The molecule has 158 valence electrons. The van der Waals surface area contributed by atoms with Crippen LogP contribution in [0.15, 0.2) is 47.3 Å². The molecule has 0 spiro atoms. The molecule has 0 bridgehead atoms. The molecule has 4 aromatic rings. The van der Waals surface area contributed by atoms with Crippen LogP contribution in [0.3, 0.4) is 0 Å². The van der Waals surface area contributed by atoms with Crippen LogP contribution in [0.2, 0.25) is 0 Å². The molecular weight excluding hydrogens is 417 g/mol. The zero-order valence-corrected chi connectivity index (χ0v) is 17.9. The maximum atomic E-state index is 13.0. The van der Waals surface area contributed by atoms with Crippen molar-refractivity contribution < 1.29 is 13.9 Å². The van der Waals surface area contributed by atoms with Gasteiger partial charge in [0.05, 0.1) is 17.7 Å². The van der Waals surface area contributed by atoms with Gasteiger partial charge in [-0.2, -0.15) is 9.50 Å². The van der Waals surface area contributed by atoms with Gasteiger partial charge in [0.2, 0.25) is 4.96 Å². The Labute approximate surface area is 181 Å². The van der Waals surface area contributed by atoms with Crippen molar-refractivity contribution in [3.63, 3.8) is 0 Å². The number of hydrogen-bond acceptors (Lipinski definition) is 6. The maximum absolute atomic E-state index is 13.0. The second kappa shape index (κ2) is 9.09. The molecule has 0 fully saturated rings. The van der Waals surface area contributed by atoms with E-state index in [1.54, 1.807) is 30.4 Å². The number of thiazole rings is 1. The highest BCUT2D eigenvalue weighted by Gasteiger charge is 2.10. The molecule has 0 aliphatic rings. The molecule has 8 heteroatoms. The third-order valence-corrected chi connectivity index (χ3v) is 5.32. The third-order valence-electron chi connectivity index (χ3n) is 4.36. The first-order valence-corrected chi connectivity index (χ1v) is 10.6. The minimum Gasteiger partial charge on any atom is -0.490 e. The van der Waals surface area contributed by atoms with Crippen LogP contribution in [0.1, 0.15) is 30.8 Å². The number of nitrogens with zero attached hydrogens (tertiary/aromatic N) is 3. The Morgan fingerprint density at radius 2 is 1.71 bits per heavy atom. The molecule has 2 aromatic carbocycles. The largest absolute Gasteiger partial charge is 0.490 e. The predicted octanol–water partition coefficient (Wildman–Crippen LogP) is 3.81. The normalized spacial score (nSPS) is 12.2. The minimum absolute atomic E-state index is 0.235. The van der Waals surface area contributed by atoms with Gasteiger partial charge in [-0.05, 0) is 61.4 Å². The van der Waals surface area contributed by atoms with Crippen molar-refractivity contribution in [1.82, 2.24) is 14.6 Å². The summed E-state index contributed by atoms with van der Waals surface area (Å²) >= 11 is 1.26. The molecule has 2 aromatic heterocycles. The summed E-state index contributed by atoms with van der Waals surface area (Å²) in [5.74, 6) is 1.43. The molecule has 4 rings (SSSR count). The van der Waals surface area contributed by atoms with E-state index in [0.717, 1.165) is 11.1 Å². The Hall–Kier alpha value is -3.52. The van der Waals surface area contributed by atoms with Gasteiger partial charge in [0, 0.05) is 0 Å². The average molecular weight is 437 g/mol. The van der Waals surface area contributed by atoms with E-state index >= 15 is 0 Å². The Balaban J connectivity index is 1.63. The van der Waals surface area contributed by atoms with Gasteiger partial charge in [0.1, 0.15) is 5.82 Å². The van der Waals surface area contributed by atoms with E-state index in [0.29, 0.717) is 40.0 Å². The molecule has 0 saturated carbocycles. The first kappa shape index (κ1) is 20.7. The van der Waals surface area contributed by atoms with Crippen molar-refractivity contribution in [1.29, 1.82) is 0 Å². The topological polar surface area (TPSA) is 65.7 Å². The summed E-state index contributed by atoms with van der Waals surface area (Å²) in [7, 11) is 0. The maximum Gasteiger partial charge on any atom is 0.291 e. The fourth-order valence-electron chi connectivity index (χ4n) is 2.97. The standard InChI is InChI=1S/C23H20FN3O3S/c1-3-29-18-11-7-16(13-19(18)30-4-2)14-20-22(28)27-23(31-20)25-21(26-27)12-8-15-5-9-17(24)10-6-15/h5-14H,3-4H2,1-2H3/b12-8+,20-14+. The van der Waals surface area contributed by atoms with Crippen molar-refractivity contribution >= 4 is 34.5 Å². The lowest BCUT2D eigenvalue weighted by molar-refractivity contribution is 0.287. The second-order valence-electron chi connectivity index (χ2n) is 6.54. The second-order valence-corrected chi connectivity index (χ2v) is 7.55. The Morgan fingerprint density at radius 1 is 1.00 bits per heavy atom. The number of ether oxygens (including phenoxy) is 2. The van der Waals surface area contributed by atoms with Crippen molar-refractivity contribution in [2.45, 2.75) is 13.8 Å². The predicted molar refractivity (Wildman–Crippen MR) is 120 cm³/mol. The number of halogens is 1. The van der Waals surface area contributed by atoms with Crippen LogP contribution in [0.25, 0.3) is 23.2 Å². The molecule has 31 heavy (non-hydrogen) atoms. The summed E-state index contributed by atoms with van der Waals surface area (Å²) in [6.07, 6.45) is 5.25. The number of rotatable bonds is 7. The van der Waals surface area contributed by atoms with Crippen LogP contribution in [0.5, 0.6) is 11.5 Å². The van der Waals surface area contributed by atoms with Crippen molar-refractivity contribution in [2.75, 3.05) is 13.2 Å². The molecule has 0 amide bonds. The van der Waals surface area contributed by atoms with E-state index in [1.807, 2.05) is 32.0 Å². The zero-order chi connectivity index (χ0) is 21.8. The SMILES string of the molecule is CCOc1ccc(/C=c2/sc3nc(/C=C/c4ccc(F)cc4)nn3c2=O)cc1OCC. The monoisotopic (exact) mass is 437 g/mol. The van der Waals surface area contributed by atoms with E-state index in [2.05, 4.69) is 10.1 Å². The van der Waals surface area contributed by atoms with E-state index in [9.17, 15) is 9.18 Å². The van der Waals surface area contributed by atoms with E-state index in [1.165, 1.54) is 28.0 Å². The quantitative estimate of drug-likeness (QED) is 0.440. The Morgan fingerprint density at radius 3 is 2.42 bits per heavy atom. The molecule has 0 saturated heterocycles. The Kier molecular flexibility index (Phi) is 6.08. The van der Waals surface area contributed by atoms with Gasteiger partial charge in [0.15, 0.2) is 17.3 Å². The average Bonchev–Trinajstić information content (AvgIpc) is 3.29. The van der Waals surface area contributed by atoms with Gasteiger partial charge in [-0.15, -0.1) is 5.10 Å². The molecule has 0 atom stereocenters. The highest BCUT2D eigenvalue weighted by Crippen LogP contribution is 2.28. The molecule has 0 N–H and O–H groups in total. The van der Waals surface area contributed by atoms with Crippen LogP contribution < -0.4 is 19.6 Å². The molecule has 6 nitrogen and oxygen atoms in total. The highest BCUT2D eigenvalue weighted by atomic mass is 32.1. The first-order chi connectivity index (χ1) is 15.1. The van der Waals surface area contributed by atoms with Crippen molar-refractivity contribution in [3.8, 4) is 11.5 Å². The summed E-state index contributed by atoms with van der Waals surface area (Å²) in [5, 5.41) is 4.27. The van der Waals surface area contributed by atoms with E-state index in [-0.39, 0.29) is 11.4 Å². The fraction of sp³-hybridized carbons (Fsp3) is 0.174. The lowest BCUT2D eigenvalue weighted by atomic mass is 10.2. The van der Waals surface area contributed by atoms with Gasteiger partial charge in [-0.1, -0.05) is 35.6 Å². The van der Waals surface area contributed by atoms with Crippen LogP contribution in [-0.2, 0) is 0 Å². The van der Waals surface area contributed by atoms with Gasteiger partial charge in [-0.25, -0.2) is 4.39 Å². The van der Waals surface area contributed by atoms with Crippen molar-refractivity contribution in [2.24, 2.45) is 0 Å².